The van der Waals surface area contributed by atoms with Crippen molar-refractivity contribution in [3.8, 4) is 11.1 Å². The average molecular weight is 390 g/mol. The molecule has 0 saturated heterocycles. The van der Waals surface area contributed by atoms with Crippen LogP contribution in [0.25, 0.3) is 22.0 Å². The Balaban J connectivity index is 1.55. The molecule has 0 aliphatic heterocycles. The molecule has 1 fully saturated rings. The number of aryl methyl sites for hydroxylation is 2. The number of aromatic nitrogens is 3. The highest BCUT2D eigenvalue weighted by Gasteiger charge is 2.30. The second-order valence-electron chi connectivity index (χ2n) is 7.85. The number of nitrogens with zero attached hydrogens (tertiary/aromatic N) is 3. The Kier molecular flexibility index (Phi) is 4.20. The normalized spacial score (nSPS) is 18.1. The lowest BCUT2D eigenvalue weighted by atomic mass is 10.0. The Morgan fingerprint density at radius 3 is 2.76 bits per heavy atom. The molecule has 148 valence electrons. The van der Waals surface area contributed by atoms with Gasteiger partial charge in [-0.05, 0) is 43.4 Å². The van der Waals surface area contributed by atoms with Gasteiger partial charge in [-0.3, -0.25) is 14.6 Å². The summed E-state index contributed by atoms with van der Waals surface area (Å²) in [5.41, 5.74) is 4.11. The molecule has 3 aromatic rings. The quantitative estimate of drug-likeness (QED) is 0.740. The van der Waals surface area contributed by atoms with Crippen molar-refractivity contribution < 1.29 is 9.53 Å². The smallest absolute Gasteiger partial charge is 0.258 e. The van der Waals surface area contributed by atoms with E-state index in [0.717, 1.165) is 53.4 Å². The van der Waals surface area contributed by atoms with Crippen molar-refractivity contribution in [2.45, 2.75) is 31.8 Å². The molecular formula is C22H22N4O3. The van der Waals surface area contributed by atoms with Crippen LogP contribution in [0.4, 0.5) is 5.82 Å². The summed E-state index contributed by atoms with van der Waals surface area (Å²) >= 11 is 0. The average Bonchev–Trinajstić information content (AvgIpc) is 3.51. The Morgan fingerprint density at radius 1 is 1.17 bits per heavy atom. The number of hydrogen-bond donors (Lipinski definition) is 1. The molecule has 5 rings (SSSR count). The zero-order valence-corrected chi connectivity index (χ0v) is 16.4. The first-order valence-corrected chi connectivity index (χ1v) is 9.88. The number of rotatable bonds is 4. The van der Waals surface area contributed by atoms with E-state index in [-0.39, 0.29) is 23.5 Å². The lowest BCUT2D eigenvalue weighted by Crippen LogP contribution is -2.20. The molecule has 2 aliphatic carbocycles. The predicted molar refractivity (Wildman–Crippen MR) is 110 cm³/mol. The van der Waals surface area contributed by atoms with Crippen LogP contribution in [0, 0.1) is 5.92 Å². The number of amides is 1. The van der Waals surface area contributed by atoms with Gasteiger partial charge in [-0.2, -0.15) is 0 Å². The van der Waals surface area contributed by atoms with Gasteiger partial charge in [-0.25, -0.2) is 4.98 Å². The molecule has 0 spiro atoms. The number of ether oxygens (including phenoxy) is 1. The van der Waals surface area contributed by atoms with Crippen molar-refractivity contribution in [2.75, 3.05) is 12.4 Å². The Morgan fingerprint density at radius 2 is 2.00 bits per heavy atom. The van der Waals surface area contributed by atoms with Crippen molar-refractivity contribution in [3.63, 3.8) is 0 Å². The van der Waals surface area contributed by atoms with Crippen LogP contribution in [-0.2, 0) is 23.0 Å². The van der Waals surface area contributed by atoms with Gasteiger partial charge in [0.15, 0.2) is 0 Å². The summed E-state index contributed by atoms with van der Waals surface area (Å²) in [6.07, 6.45) is 7.15. The highest BCUT2D eigenvalue weighted by molar-refractivity contribution is 5.95. The van der Waals surface area contributed by atoms with Gasteiger partial charge in [0, 0.05) is 55.0 Å². The van der Waals surface area contributed by atoms with Gasteiger partial charge in [-0.1, -0.05) is 0 Å². The second-order valence-corrected chi connectivity index (χ2v) is 7.85. The molecule has 1 saturated carbocycles. The number of nitrogens with one attached hydrogen (secondary N) is 1. The van der Waals surface area contributed by atoms with Gasteiger partial charge in [0.2, 0.25) is 5.91 Å². The van der Waals surface area contributed by atoms with E-state index in [1.807, 2.05) is 12.1 Å². The summed E-state index contributed by atoms with van der Waals surface area (Å²) in [6, 6.07) is 5.65. The predicted octanol–water partition coefficient (Wildman–Crippen LogP) is 2.98. The maximum Gasteiger partial charge on any atom is 0.258 e. The van der Waals surface area contributed by atoms with Crippen LogP contribution >= 0.6 is 0 Å². The zero-order chi connectivity index (χ0) is 20.1. The number of pyridine rings is 3. The van der Waals surface area contributed by atoms with Gasteiger partial charge in [-0.15, -0.1) is 0 Å². The van der Waals surface area contributed by atoms with Crippen molar-refractivity contribution in [1.82, 2.24) is 14.5 Å². The van der Waals surface area contributed by atoms with Gasteiger partial charge in [0.1, 0.15) is 5.82 Å². The molecule has 0 bridgehead atoms. The van der Waals surface area contributed by atoms with Crippen LogP contribution in [0.3, 0.4) is 0 Å². The Hall–Kier alpha value is -3.06. The molecule has 29 heavy (non-hydrogen) atoms. The summed E-state index contributed by atoms with van der Waals surface area (Å²) in [4.78, 5) is 34.0. The number of anilines is 1. The summed E-state index contributed by atoms with van der Waals surface area (Å²) in [5.74, 6) is 0.572. The fraction of sp³-hybridized carbons (Fsp3) is 0.364. The third-order valence-corrected chi connectivity index (χ3v) is 5.89. The summed E-state index contributed by atoms with van der Waals surface area (Å²) in [5, 5.41) is 3.67. The van der Waals surface area contributed by atoms with Crippen molar-refractivity contribution in [3.05, 3.63) is 52.2 Å². The zero-order valence-electron chi connectivity index (χ0n) is 16.4. The van der Waals surface area contributed by atoms with Crippen LogP contribution in [-0.4, -0.2) is 27.6 Å². The Bertz CT molecular complexity index is 1200. The molecule has 7 heteroatoms. The molecule has 1 amide bonds. The monoisotopic (exact) mass is 390 g/mol. The van der Waals surface area contributed by atoms with Crippen LogP contribution in [0.15, 0.2) is 35.4 Å². The van der Waals surface area contributed by atoms with E-state index in [1.165, 1.54) is 0 Å². The number of carbonyl (C=O) groups is 1. The molecule has 1 atom stereocenters. The first-order chi connectivity index (χ1) is 14.0. The van der Waals surface area contributed by atoms with E-state index in [9.17, 15) is 9.59 Å². The highest BCUT2D eigenvalue weighted by atomic mass is 16.5. The molecule has 0 aromatic carbocycles. The van der Waals surface area contributed by atoms with Crippen molar-refractivity contribution in [1.29, 1.82) is 0 Å². The summed E-state index contributed by atoms with van der Waals surface area (Å²) < 4.78 is 7.08. The fourth-order valence-corrected chi connectivity index (χ4v) is 4.02. The fourth-order valence-electron chi connectivity index (χ4n) is 4.02. The standard InChI is InChI=1S/C22H22N4O3/c1-26-17-9-19(25-21(27)12-3-4-12)23-11-15(17)8-16(22(26)28)14-7-13-5-6-18(29-2)20(13)24-10-14/h7-12,18H,3-6H2,1-2H3,(H,23,25,27). The lowest BCUT2D eigenvalue weighted by Gasteiger charge is -2.12. The molecule has 1 unspecified atom stereocenters. The van der Waals surface area contributed by atoms with Crippen LogP contribution in [0.1, 0.15) is 36.6 Å². The van der Waals surface area contributed by atoms with Gasteiger partial charge < -0.3 is 14.6 Å². The maximum absolute atomic E-state index is 13.1. The molecule has 0 radical (unpaired) electrons. The molecule has 7 nitrogen and oxygen atoms in total. The number of hydrogen-bond acceptors (Lipinski definition) is 5. The van der Waals surface area contributed by atoms with E-state index >= 15 is 0 Å². The van der Waals surface area contributed by atoms with E-state index in [1.54, 1.807) is 37.2 Å². The van der Waals surface area contributed by atoms with Crippen molar-refractivity contribution >= 4 is 22.6 Å². The number of methoxy groups -OCH3 is 1. The number of carbonyl (C=O) groups excluding carboxylic acids is 1. The van der Waals surface area contributed by atoms with Crippen LogP contribution in [0.2, 0.25) is 0 Å². The summed E-state index contributed by atoms with van der Waals surface area (Å²) in [7, 11) is 3.44. The molecule has 3 heterocycles. The third kappa shape index (κ3) is 3.11. The third-order valence-electron chi connectivity index (χ3n) is 5.89. The van der Waals surface area contributed by atoms with Gasteiger partial charge in [0.05, 0.1) is 17.3 Å². The van der Waals surface area contributed by atoms with E-state index in [0.29, 0.717) is 11.4 Å². The number of fused-ring (bicyclic) bond motifs is 2. The SMILES string of the molecule is COC1CCc2cc(-c3cc4cnc(NC(=O)C5CC5)cc4n(C)c3=O)cnc21. The topological polar surface area (TPSA) is 86.1 Å². The highest BCUT2D eigenvalue weighted by Crippen LogP contribution is 2.34. The van der Waals surface area contributed by atoms with E-state index < -0.39 is 0 Å². The minimum Gasteiger partial charge on any atom is -0.375 e. The first-order valence-electron chi connectivity index (χ1n) is 9.88. The Labute approximate surface area is 167 Å². The van der Waals surface area contributed by atoms with E-state index in [4.69, 9.17) is 4.74 Å². The lowest BCUT2D eigenvalue weighted by molar-refractivity contribution is -0.117. The van der Waals surface area contributed by atoms with E-state index in [2.05, 4.69) is 15.3 Å². The molecular weight excluding hydrogens is 368 g/mol. The maximum atomic E-state index is 13.1. The van der Waals surface area contributed by atoms with Gasteiger partial charge in [0.25, 0.3) is 5.56 Å². The first kappa shape index (κ1) is 18.0. The van der Waals surface area contributed by atoms with Crippen molar-refractivity contribution in [2.24, 2.45) is 13.0 Å². The minimum atomic E-state index is -0.105. The summed E-state index contributed by atoms with van der Waals surface area (Å²) in [6.45, 7) is 0. The molecule has 3 aromatic heterocycles. The molecule has 2 aliphatic rings. The minimum absolute atomic E-state index is 0.00273. The largest absolute Gasteiger partial charge is 0.375 e. The van der Waals surface area contributed by atoms with Crippen LogP contribution in [0.5, 0.6) is 0 Å². The van der Waals surface area contributed by atoms with Crippen LogP contribution < -0.4 is 10.9 Å². The van der Waals surface area contributed by atoms with Gasteiger partial charge >= 0.3 is 0 Å². The molecule has 1 N–H and O–H groups in total. The second kappa shape index (κ2) is 6.77.